The lowest BCUT2D eigenvalue weighted by molar-refractivity contribution is 1.30. The second-order valence-electron chi connectivity index (χ2n) is 13.3. The van der Waals surface area contributed by atoms with E-state index in [-0.39, 0.29) is 0 Å². The standard InChI is InChI=1S/C50H33N/c1-2-11-36(12-3-1)44-30-31-50(48-17-9-8-16-45(44)48)51(41-25-20-35(21-26-41)40-19-18-34-10-4-5-14-39(34)32-40)42-27-22-38-24-28-46-43-15-7-6-13-37(43)23-29-47(46)49(38)33-42/h1-33H. The van der Waals surface area contributed by atoms with Crippen LogP contribution in [0.15, 0.2) is 200 Å². The van der Waals surface area contributed by atoms with Crippen LogP contribution in [0.25, 0.3) is 76.1 Å². The first kappa shape index (κ1) is 29.2. The molecular formula is C50H33N. The maximum Gasteiger partial charge on any atom is 0.0540 e. The molecule has 0 saturated carbocycles. The van der Waals surface area contributed by atoms with Gasteiger partial charge in [-0.05, 0) is 107 Å². The Bertz CT molecular complexity index is 2900. The van der Waals surface area contributed by atoms with Gasteiger partial charge in [-0.2, -0.15) is 0 Å². The smallest absolute Gasteiger partial charge is 0.0540 e. The van der Waals surface area contributed by atoms with Crippen molar-refractivity contribution >= 4 is 70.9 Å². The van der Waals surface area contributed by atoms with E-state index in [1.165, 1.54) is 76.1 Å². The quantitative estimate of drug-likeness (QED) is 0.168. The monoisotopic (exact) mass is 647 g/mol. The maximum atomic E-state index is 2.43. The predicted molar refractivity (Wildman–Crippen MR) is 220 cm³/mol. The summed E-state index contributed by atoms with van der Waals surface area (Å²) in [7, 11) is 0. The molecule has 10 aromatic rings. The Balaban J connectivity index is 1.18. The van der Waals surface area contributed by atoms with E-state index in [0.29, 0.717) is 0 Å². The van der Waals surface area contributed by atoms with Crippen LogP contribution >= 0.6 is 0 Å². The van der Waals surface area contributed by atoms with E-state index in [2.05, 4.69) is 205 Å². The molecule has 1 heteroatoms. The number of anilines is 3. The molecule has 0 saturated heterocycles. The van der Waals surface area contributed by atoms with Crippen molar-refractivity contribution in [1.82, 2.24) is 0 Å². The summed E-state index contributed by atoms with van der Waals surface area (Å²) < 4.78 is 0. The highest BCUT2D eigenvalue weighted by molar-refractivity contribution is 6.18. The van der Waals surface area contributed by atoms with Crippen molar-refractivity contribution in [2.75, 3.05) is 4.90 Å². The Labute approximate surface area is 297 Å². The van der Waals surface area contributed by atoms with Crippen molar-refractivity contribution in [3.63, 3.8) is 0 Å². The molecule has 0 radical (unpaired) electrons. The summed E-state index contributed by atoms with van der Waals surface area (Å²) in [5.74, 6) is 0. The zero-order valence-corrected chi connectivity index (χ0v) is 28.0. The summed E-state index contributed by atoms with van der Waals surface area (Å²) in [6.45, 7) is 0. The lowest BCUT2D eigenvalue weighted by atomic mass is 9.95. The molecule has 0 N–H and O–H groups in total. The van der Waals surface area contributed by atoms with Crippen LogP contribution in [0.1, 0.15) is 0 Å². The number of nitrogens with zero attached hydrogens (tertiary/aromatic N) is 1. The highest BCUT2D eigenvalue weighted by Gasteiger charge is 2.19. The molecule has 0 amide bonds. The minimum absolute atomic E-state index is 1.11. The lowest BCUT2D eigenvalue weighted by Gasteiger charge is -2.28. The first-order valence-corrected chi connectivity index (χ1v) is 17.6. The first-order chi connectivity index (χ1) is 25.3. The Morgan fingerprint density at radius 2 is 0.824 bits per heavy atom. The lowest BCUT2D eigenvalue weighted by Crippen LogP contribution is -2.10. The topological polar surface area (TPSA) is 3.24 Å². The Kier molecular flexibility index (Phi) is 6.89. The molecule has 0 bridgehead atoms. The minimum Gasteiger partial charge on any atom is -0.310 e. The number of fused-ring (bicyclic) bond motifs is 7. The minimum atomic E-state index is 1.11. The van der Waals surface area contributed by atoms with E-state index >= 15 is 0 Å². The molecule has 0 heterocycles. The summed E-state index contributed by atoms with van der Waals surface area (Å²) in [6, 6.07) is 73.1. The second kappa shape index (κ2) is 12.0. The van der Waals surface area contributed by atoms with Crippen molar-refractivity contribution in [2.45, 2.75) is 0 Å². The van der Waals surface area contributed by atoms with Gasteiger partial charge < -0.3 is 4.90 Å². The van der Waals surface area contributed by atoms with Gasteiger partial charge in [0.2, 0.25) is 0 Å². The average molecular weight is 648 g/mol. The van der Waals surface area contributed by atoms with Crippen LogP contribution in [0, 0.1) is 0 Å². The molecular weight excluding hydrogens is 615 g/mol. The Hall–Kier alpha value is -6.70. The number of hydrogen-bond donors (Lipinski definition) is 0. The van der Waals surface area contributed by atoms with Crippen LogP contribution in [0.5, 0.6) is 0 Å². The summed E-state index contributed by atoms with van der Waals surface area (Å²) >= 11 is 0. The SMILES string of the molecule is c1ccc(-c2ccc(N(c3ccc(-c4ccc5ccccc5c4)cc3)c3ccc4ccc5c6ccccc6ccc5c4c3)c3ccccc23)cc1. The van der Waals surface area contributed by atoms with Crippen LogP contribution in [0.3, 0.4) is 0 Å². The van der Waals surface area contributed by atoms with Gasteiger partial charge in [0.25, 0.3) is 0 Å². The molecule has 10 aromatic carbocycles. The van der Waals surface area contributed by atoms with E-state index < -0.39 is 0 Å². The fourth-order valence-corrected chi connectivity index (χ4v) is 7.89. The average Bonchev–Trinajstić information content (AvgIpc) is 3.21. The van der Waals surface area contributed by atoms with Crippen molar-refractivity contribution in [3.05, 3.63) is 200 Å². The molecule has 0 aliphatic rings. The summed E-state index contributed by atoms with van der Waals surface area (Å²) in [5.41, 5.74) is 8.25. The molecule has 10 rings (SSSR count). The van der Waals surface area contributed by atoms with Gasteiger partial charge in [-0.15, -0.1) is 0 Å². The third kappa shape index (κ3) is 5.02. The van der Waals surface area contributed by atoms with Gasteiger partial charge >= 0.3 is 0 Å². The van der Waals surface area contributed by atoms with E-state index in [9.17, 15) is 0 Å². The maximum absolute atomic E-state index is 2.43. The van der Waals surface area contributed by atoms with Crippen LogP contribution in [0.4, 0.5) is 17.1 Å². The van der Waals surface area contributed by atoms with Crippen LogP contribution in [0.2, 0.25) is 0 Å². The summed E-state index contributed by atoms with van der Waals surface area (Å²) in [6.07, 6.45) is 0. The molecule has 0 atom stereocenters. The zero-order valence-electron chi connectivity index (χ0n) is 28.0. The van der Waals surface area contributed by atoms with Gasteiger partial charge in [-0.1, -0.05) is 164 Å². The largest absolute Gasteiger partial charge is 0.310 e. The third-order valence-electron chi connectivity index (χ3n) is 10.4. The molecule has 0 fully saturated rings. The fourth-order valence-electron chi connectivity index (χ4n) is 7.89. The molecule has 0 aliphatic heterocycles. The zero-order chi connectivity index (χ0) is 33.7. The van der Waals surface area contributed by atoms with Crippen molar-refractivity contribution < 1.29 is 0 Å². The van der Waals surface area contributed by atoms with E-state index in [1.807, 2.05) is 0 Å². The van der Waals surface area contributed by atoms with Crippen molar-refractivity contribution in [3.8, 4) is 22.3 Å². The highest BCUT2D eigenvalue weighted by Crippen LogP contribution is 2.44. The van der Waals surface area contributed by atoms with E-state index in [1.54, 1.807) is 0 Å². The molecule has 0 aliphatic carbocycles. The van der Waals surface area contributed by atoms with E-state index in [4.69, 9.17) is 0 Å². The van der Waals surface area contributed by atoms with Crippen LogP contribution in [-0.2, 0) is 0 Å². The van der Waals surface area contributed by atoms with Gasteiger partial charge in [-0.3, -0.25) is 0 Å². The predicted octanol–water partition coefficient (Wildman–Crippen LogP) is 14.3. The molecule has 0 spiro atoms. The highest BCUT2D eigenvalue weighted by atomic mass is 15.1. The van der Waals surface area contributed by atoms with Crippen molar-refractivity contribution in [1.29, 1.82) is 0 Å². The normalized spacial score (nSPS) is 11.5. The van der Waals surface area contributed by atoms with Gasteiger partial charge in [0, 0.05) is 16.8 Å². The molecule has 0 unspecified atom stereocenters. The fraction of sp³-hybridized carbons (Fsp3) is 0. The first-order valence-electron chi connectivity index (χ1n) is 17.6. The van der Waals surface area contributed by atoms with Crippen LogP contribution in [-0.4, -0.2) is 0 Å². The van der Waals surface area contributed by atoms with Gasteiger partial charge in [0.15, 0.2) is 0 Å². The third-order valence-corrected chi connectivity index (χ3v) is 10.4. The number of hydrogen-bond acceptors (Lipinski definition) is 1. The van der Waals surface area contributed by atoms with Gasteiger partial charge in [0.1, 0.15) is 0 Å². The molecule has 51 heavy (non-hydrogen) atoms. The molecule has 1 nitrogen and oxygen atoms in total. The molecule has 238 valence electrons. The van der Waals surface area contributed by atoms with Crippen molar-refractivity contribution in [2.24, 2.45) is 0 Å². The summed E-state index contributed by atoms with van der Waals surface area (Å²) in [5, 5.41) is 12.5. The Morgan fingerprint density at radius 1 is 0.255 bits per heavy atom. The van der Waals surface area contributed by atoms with Crippen LogP contribution < -0.4 is 4.90 Å². The second-order valence-corrected chi connectivity index (χ2v) is 13.3. The molecule has 0 aromatic heterocycles. The Morgan fingerprint density at radius 3 is 1.63 bits per heavy atom. The van der Waals surface area contributed by atoms with Gasteiger partial charge in [-0.25, -0.2) is 0 Å². The number of benzene rings is 10. The van der Waals surface area contributed by atoms with Gasteiger partial charge in [0.05, 0.1) is 5.69 Å². The summed E-state index contributed by atoms with van der Waals surface area (Å²) in [4.78, 5) is 2.43. The number of rotatable bonds is 5. The van der Waals surface area contributed by atoms with E-state index in [0.717, 1.165) is 17.1 Å².